The van der Waals surface area contributed by atoms with Crippen molar-refractivity contribution in [3.63, 3.8) is 0 Å². The van der Waals surface area contributed by atoms with Crippen LogP contribution in [-0.2, 0) is 5.41 Å². The fourth-order valence-corrected chi connectivity index (χ4v) is 3.99. The second-order valence-electron chi connectivity index (χ2n) is 7.33. The molecule has 0 aliphatic heterocycles. The van der Waals surface area contributed by atoms with Gasteiger partial charge in [0.1, 0.15) is 0 Å². The molecule has 0 amide bonds. The van der Waals surface area contributed by atoms with Crippen LogP contribution in [0.3, 0.4) is 0 Å². The maximum absolute atomic E-state index is 9.99. The molecular weight excluding hydrogens is 298 g/mol. The number of benzene rings is 1. The lowest BCUT2D eigenvalue weighted by Crippen LogP contribution is -2.43. The van der Waals surface area contributed by atoms with Crippen molar-refractivity contribution < 1.29 is 5.11 Å². The molecule has 3 rings (SSSR count). The monoisotopic (exact) mass is 329 g/mol. The number of aliphatic hydroxyl groups is 1. The van der Waals surface area contributed by atoms with E-state index in [-0.39, 0.29) is 11.5 Å². The maximum atomic E-state index is 9.99. The van der Waals surface area contributed by atoms with Gasteiger partial charge in [0.2, 0.25) is 0 Å². The van der Waals surface area contributed by atoms with E-state index in [0.717, 1.165) is 44.9 Å². The van der Waals surface area contributed by atoms with Crippen LogP contribution >= 0.6 is 0 Å². The summed E-state index contributed by atoms with van der Waals surface area (Å²) in [6.07, 6.45) is 6.78. The zero-order chi connectivity index (χ0) is 16.8. The molecule has 4 heteroatoms. The Kier molecular flexibility index (Phi) is 5.77. The van der Waals surface area contributed by atoms with Crippen LogP contribution in [0.1, 0.15) is 51.0 Å². The lowest BCUT2D eigenvalue weighted by Gasteiger charge is -2.41. The summed E-state index contributed by atoms with van der Waals surface area (Å²) in [5, 5.41) is 16.8. The number of rotatable bonds is 6. The van der Waals surface area contributed by atoms with Gasteiger partial charge in [-0.25, -0.2) is 0 Å². The Hall–Kier alpha value is -1.55. The lowest BCUT2D eigenvalue weighted by molar-refractivity contribution is 0.134. The summed E-state index contributed by atoms with van der Waals surface area (Å²) < 4.78 is 0. The maximum Gasteiger partial charge on any atom is 0.191 e. The summed E-state index contributed by atoms with van der Waals surface area (Å²) in [7, 11) is 0. The molecule has 0 radical (unpaired) electrons. The predicted octanol–water partition coefficient (Wildman–Crippen LogP) is 2.82. The highest BCUT2D eigenvalue weighted by Crippen LogP contribution is 2.43. The van der Waals surface area contributed by atoms with E-state index in [2.05, 4.69) is 47.9 Å². The van der Waals surface area contributed by atoms with E-state index in [1.54, 1.807) is 0 Å². The molecule has 0 spiro atoms. The predicted molar refractivity (Wildman–Crippen MR) is 99.3 cm³/mol. The van der Waals surface area contributed by atoms with Gasteiger partial charge in [-0.3, -0.25) is 4.99 Å². The van der Waals surface area contributed by atoms with Crippen LogP contribution in [0.5, 0.6) is 0 Å². The third-order valence-corrected chi connectivity index (χ3v) is 5.73. The minimum atomic E-state index is -0.150. The molecule has 1 aromatic rings. The normalized spacial score (nSPS) is 26.0. The van der Waals surface area contributed by atoms with Gasteiger partial charge in [0.05, 0.1) is 12.6 Å². The Morgan fingerprint density at radius 2 is 1.96 bits per heavy atom. The van der Waals surface area contributed by atoms with Crippen LogP contribution in [-0.4, -0.2) is 36.8 Å². The number of hydrogen-bond donors (Lipinski definition) is 3. The van der Waals surface area contributed by atoms with E-state index in [1.165, 1.54) is 24.8 Å². The second kappa shape index (κ2) is 8.02. The molecule has 0 aromatic heterocycles. The van der Waals surface area contributed by atoms with Gasteiger partial charge in [0, 0.05) is 24.4 Å². The first-order valence-corrected chi connectivity index (χ1v) is 9.49. The van der Waals surface area contributed by atoms with E-state index < -0.39 is 0 Å². The number of aliphatic imine (C=N–C) groups is 1. The van der Waals surface area contributed by atoms with E-state index in [1.807, 2.05) is 0 Å². The molecule has 0 saturated heterocycles. The first kappa shape index (κ1) is 17.3. The molecule has 1 aromatic carbocycles. The summed E-state index contributed by atoms with van der Waals surface area (Å²) in [5.74, 6) is 1.25. The highest BCUT2D eigenvalue weighted by molar-refractivity contribution is 5.79. The van der Waals surface area contributed by atoms with Gasteiger partial charge in [-0.1, -0.05) is 43.2 Å². The molecule has 4 nitrogen and oxygen atoms in total. The van der Waals surface area contributed by atoms with Gasteiger partial charge in [-0.05, 0) is 38.2 Å². The topological polar surface area (TPSA) is 56.7 Å². The highest BCUT2D eigenvalue weighted by Gasteiger charge is 2.38. The van der Waals surface area contributed by atoms with Crippen LogP contribution < -0.4 is 10.6 Å². The molecule has 24 heavy (non-hydrogen) atoms. The van der Waals surface area contributed by atoms with Gasteiger partial charge >= 0.3 is 0 Å². The molecule has 3 N–H and O–H groups in total. The third kappa shape index (κ3) is 3.92. The van der Waals surface area contributed by atoms with Gasteiger partial charge in [0.25, 0.3) is 0 Å². The van der Waals surface area contributed by atoms with E-state index >= 15 is 0 Å². The standard InChI is InChI=1S/C20H31N3O/c1-2-21-19(22-14-16-8-6-11-18(16)24)23-15-20(12-7-13-20)17-9-4-3-5-10-17/h3-5,9-10,16,18,24H,2,6-8,11-15H2,1H3,(H2,21,22,23). The average Bonchev–Trinajstić information content (AvgIpc) is 2.97. The number of hydrogen-bond acceptors (Lipinski definition) is 2. The number of guanidine groups is 1. The van der Waals surface area contributed by atoms with E-state index in [0.29, 0.717) is 5.92 Å². The first-order valence-electron chi connectivity index (χ1n) is 9.49. The second-order valence-corrected chi connectivity index (χ2v) is 7.33. The molecule has 2 aliphatic rings. The summed E-state index contributed by atoms with van der Waals surface area (Å²) in [5.41, 5.74) is 1.64. The Bertz CT molecular complexity index is 539. The lowest BCUT2D eigenvalue weighted by atomic mass is 9.64. The van der Waals surface area contributed by atoms with Crippen LogP contribution in [0.4, 0.5) is 0 Å². The van der Waals surface area contributed by atoms with Crippen molar-refractivity contribution in [3.05, 3.63) is 35.9 Å². The minimum Gasteiger partial charge on any atom is -0.393 e. The van der Waals surface area contributed by atoms with Crippen LogP contribution in [0, 0.1) is 5.92 Å². The minimum absolute atomic E-state index is 0.150. The molecule has 2 atom stereocenters. The molecule has 2 aliphatic carbocycles. The zero-order valence-corrected chi connectivity index (χ0v) is 14.8. The summed E-state index contributed by atoms with van der Waals surface area (Å²) in [4.78, 5) is 4.88. The largest absolute Gasteiger partial charge is 0.393 e. The summed E-state index contributed by atoms with van der Waals surface area (Å²) >= 11 is 0. The summed E-state index contributed by atoms with van der Waals surface area (Å²) in [6, 6.07) is 10.8. The van der Waals surface area contributed by atoms with Crippen LogP contribution in [0.25, 0.3) is 0 Å². The van der Waals surface area contributed by atoms with E-state index in [4.69, 9.17) is 4.99 Å². The van der Waals surface area contributed by atoms with Crippen molar-refractivity contribution in [3.8, 4) is 0 Å². The third-order valence-electron chi connectivity index (χ3n) is 5.73. The van der Waals surface area contributed by atoms with Gasteiger partial charge in [0.15, 0.2) is 5.96 Å². The average molecular weight is 329 g/mol. The summed E-state index contributed by atoms with van der Waals surface area (Å²) in [6.45, 7) is 4.60. The molecule has 0 bridgehead atoms. The van der Waals surface area contributed by atoms with Gasteiger partial charge in [-0.2, -0.15) is 0 Å². The van der Waals surface area contributed by atoms with E-state index in [9.17, 15) is 5.11 Å². The Morgan fingerprint density at radius 3 is 2.54 bits per heavy atom. The Balaban J connectivity index is 1.62. The fraction of sp³-hybridized carbons (Fsp3) is 0.650. The highest BCUT2D eigenvalue weighted by atomic mass is 16.3. The zero-order valence-electron chi connectivity index (χ0n) is 14.8. The molecule has 2 unspecified atom stereocenters. The molecular formula is C20H31N3O. The van der Waals surface area contributed by atoms with Crippen molar-refractivity contribution in [2.24, 2.45) is 10.9 Å². The van der Waals surface area contributed by atoms with Crippen LogP contribution in [0.2, 0.25) is 0 Å². The van der Waals surface area contributed by atoms with Crippen molar-refractivity contribution in [2.75, 3.05) is 19.6 Å². The molecule has 2 saturated carbocycles. The Morgan fingerprint density at radius 1 is 1.17 bits per heavy atom. The fourth-order valence-electron chi connectivity index (χ4n) is 3.99. The molecule has 132 valence electrons. The van der Waals surface area contributed by atoms with Crippen molar-refractivity contribution in [2.45, 2.75) is 57.0 Å². The van der Waals surface area contributed by atoms with Crippen molar-refractivity contribution in [1.29, 1.82) is 0 Å². The first-order chi connectivity index (χ1) is 11.7. The van der Waals surface area contributed by atoms with Gasteiger partial charge in [-0.15, -0.1) is 0 Å². The smallest absolute Gasteiger partial charge is 0.191 e. The molecule has 2 fully saturated rings. The number of nitrogens with one attached hydrogen (secondary N) is 2. The quantitative estimate of drug-likeness (QED) is 0.556. The van der Waals surface area contributed by atoms with Crippen molar-refractivity contribution >= 4 is 5.96 Å². The van der Waals surface area contributed by atoms with Crippen LogP contribution in [0.15, 0.2) is 35.3 Å². The SMILES string of the molecule is CCNC(=NCC1(c2ccccc2)CCC1)NCC1CCCC1O. The molecule has 0 heterocycles. The Labute approximate surface area is 145 Å². The number of nitrogens with zero attached hydrogens (tertiary/aromatic N) is 1. The van der Waals surface area contributed by atoms with Gasteiger partial charge < -0.3 is 15.7 Å². The van der Waals surface area contributed by atoms with Crippen molar-refractivity contribution in [1.82, 2.24) is 10.6 Å². The number of aliphatic hydroxyl groups excluding tert-OH is 1.